The molecule has 1 aromatic carbocycles. The predicted molar refractivity (Wildman–Crippen MR) is 60.8 cm³/mol. The maximum Gasteiger partial charge on any atom is 0.196 e. The topological polar surface area (TPSA) is 29.9 Å². The van der Waals surface area contributed by atoms with Crippen LogP contribution in [0.15, 0.2) is 24.4 Å². The smallest absolute Gasteiger partial charge is 0.196 e. The monoisotopic (exact) mass is 255 g/mol. The molecular weight excluding hydrogens is 243 g/mol. The molecule has 1 heterocycles. The van der Waals surface area contributed by atoms with Gasteiger partial charge in [0.05, 0.1) is 5.69 Å². The van der Waals surface area contributed by atoms with E-state index in [1.807, 2.05) is 6.92 Å². The van der Waals surface area contributed by atoms with Crippen molar-refractivity contribution in [1.29, 1.82) is 0 Å². The largest absolute Gasteiger partial charge is 0.311 e. The highest BCUT2D eigenvalue weighted by molar-refractivity contribution is 5.34. The quantitative estimate of drug-likeness (QED) is 0.850. The van der Waals surface area contributed by atoms with Crippen molar-refractivity contribution in [2.24, 2.45) is 0 Å². The van der Waals surface area contributed by atoms with Gasteiger partial charge in [0.2, 0.25) is 0 Å². The number of aromatic nitrogens is 2. The van der Waals surface area contributed by atoms with E-state index in [9.17, 15) is 13.2 Å². The van der Waals surface area contributed by atoms with Crippen molar-refractivity contribution in [3.8, 4) is 5.69 Å². The highest BCUT2D eigenvalue weighted by Crippen LogP contribution is 2.18. The van der Waals surface area contributed by atoms with Crippen LogP contribution in [-0.2, 0) is 6.54 Å². The summed E-state index contributed by atoms with van der Waals surface area (Å²) in [6.07, 6.45) is 1.50. The van der Waals surface area contributed by atoms with Crippen molar-refractivity contribution in [3.05, 3.63) is 47.5 Å². The second-order valence-electron chi connectivity index (χ2n) is 3.73. The van der Waals surface area contributed by atoms with Crippen molar-refractivity contribution in [3.63, 3.8) is 0 Å². The summed E-state index contributed by atoms with van der Waals surface area (Å²) < 4.78 is 40.6. The zero-order chi connectivity index (χ0) is 13.1. The SMILES string of the molecule is CCNCc1ccn(-c2ccc(F)c(F)c2F)n1. The number of halogens is 3. The van der Waals surface area contributed by atoms with Crippen LogP contribution < -0.4 is 5.32 Å². The van der Waals surface area contributed by atoms with Crippen LogP contribution in [0.25, 0.3) is 5.69 Å². The molecule has 96 valence electrons. The van der Waals surface area contributed by atoms with Gasteiger partial charge < -0.3 is 5.32 Å². The Hall–Kier alpha value is -1.82. The molecule has 18 heavy (non-hydrogen) atoms. The molecular formula is C12H12F3N3. The van der Waals surface area contributed by atoms with E-state index in [1.165, 1.54) is 10.9 Å². The van der Waals surface area contributed by atoms with Gasteiger partial charge in [-0.15, -0.1) is 0 Å². The molecule has 6 heteroatoms. The second-order valence-corrected chi connectivity index (χ2v) is 3.73. The van der Waals surface area contributed by atoms with E-state index in [0.29, 0.717) is 12.2 Å². The van der Waals surface area contributed by atoms with Crippen LogP contribution in [0.3, 0.4) is 0 Å². The van der Waals surface area contributed by atoms with Gasteiger partial charge in [-0.1, -0.05) is 6.92 Å². The van der Waals surface area contributed by atoms with E-state index in [0.717, 1.165) is 18.7 Å². The van der Waals surface area contributed by atoms with E-state index in [-0.39, 0.29) is 5.69 Å². The van der Waals surface area contributed by atoms with E-state index in [1.54, 1.807) is 6.07 Å². The Kier molecular flexibility index (Phi) is 3.66. The van der Waals surface area contributed by atoms with Crippen molar-refractivity contribution in [1.82, 2.24) is 15.1 Å². The Morgan fingerprint density at radius 3 is 2.67 bits per heavy atom. The van der Waals surface area contributed by atoms with Gasteiger partial charge in [0, 0.05) is 12.7 Å². The van der Waals surface area contributed by atoms with Crippen LogP contribution >= 0.6 is 0 Å². The van der Waals surface area contributed by atoms with Gasteiger partial charge in [0.15, 0.2) is 17.5 Å². The molecule has 0 aliphatic heterocycles. The summed E-state index contributed by atoms with van der Waals surface area (Å²) >= 11 is 0. The molecule has 0 bridgehead atoms. The first-order valence-electron chi connectivity index (χ1n) is 5.52. The highest BCUT2D eigenvalue weighted by Gasteiger charge is 2.15. The van der Waals surface area contributed by atoms with E-state index < -0.39 is 17.5 Å². The summed E-state index contributed by atoms with van der Waals surface area (Å²) in [6.45, 7) is 3.27. The normalized spacial score (nSPS) is 10.9. The third kappa shape index (κ3) is 2.38. The maximum absolute atomic E-state index is 13.5. The van der Waals surface area contributed by atoms with Gasteiger partial charge >= 0.3 is 0 Å². The first-order valence-corrected chi connectivity index (χ1v) is 5.52. The van der Waals surface area contributed by atoms with Gasteiger partial charge in [-0.25, -0.2) is 17.9 Å². The minimum Gasteiger partial charge on any atom is -0.311 e. The molecule has 0 atom stereocenters. The van der Waals surface area contributed by atoms with Gasteiger partial charge in [0.25, 0.3) is 0 Å². The van der Waals surface area contributed by atoms with Crippen molar-refractivity contribution in [2.45, 2.75) is 13.5 Å². The van der Waals surface area contributed by atoms with Gasteiger partial charge in [0.1, 0.15) is 5.69 Å². The molecule has 0 fully saturated rings. The van der Waals surface area contributed by atoms with Gasteiger partial charge in [-0.3, -0.25) is 0 Å². The van der Waals surface area contributed by atoms with Crippen LogP contribution in [0.2, 0.25) is 0 Å². The lowest BCUT2D eigenvalue weighted by molar-refractivity contribution is 0.443. The third-order valence-electron chi connectivity index (χ3n) is 2.46. The Morgan fingerprint density at radius 2 is 1.94 bits per heavy atom. The minimum atomic E-state index is -1.49. The van der Waals surface area contributed by atoms with Crippen LogP contribution in [0.5, 0.6) is 0 Å². The molecule has 2 rings (SSSR count). The van der Waals surface area contributed by atoms with E-state index in [2.05, 4.69) is 10.4 Å². The van der Waals surface area contributed by atoms with Crippen LogP contribution in [0.4, 0.5) is 13.2 Å². The minimum absolute atomic E-state index is 0.114. The zero-order valence-electron chi connectivity index (χ0n) is 9.75. The summed E-state index contributed by atoms with van der Waals surface area (Å²) in [5, 5.41) is 7.14. The molecule has 0 unspecified atom stereocenters. The van der Waals surface area contributed by atoms with Crippen LogP contribution in [0, 0.1) is 17.5 Å². The number of hydrogen-bond donors (Lipinski definition) is 1. The Labute approximate surface area is 102 Å². The molecule has 0 aliphatic carbocycles. The average molecular weight is 255 g/mol. The molecule has 1 N–H and O–H groups in total. The maximum atomic E-state index is 13.5. The Bertz CT molecular complexity index is 551. The molecule has 0 aliphatic rings. The van der Waals surface area contributed by atoms with Crippen molar-refractivity contribution in [2.75, 3.05) is 6.54 Å². The fourth-order valence-corrected chi connectivity index (χ4v) is 1.54. The lowest BCUT2D eigenvalue weighted by Crippen LogP contribution is -2.12. The number of nitrogens with zero attached hydrogens (tertiary/aromatic N) is 2. The number of rotatable bonds is 4. The van der Waals surface area contributed by atoms with Crippen LogP contribution in [-0.4, -0.2) is 16.3 Å². The third-order valence-corrected chi connectivity index (χ3v) is 2.46. The van der Waals surface area contributed by atoms with Gasteiger partial charge in [-0.05, 0) is 24.7 Å². The Morgan fingerprint density at radius 1 is 1.17 bits per heavy atom. The molecule has 0 saturated heterocycles. The fourth-order valence-electron chi connectivity index (χ4n) is 1.54. The molecule has 0 amide bonds. The summed E-state index contributed by atoms with van der Waals surface area (Å²) in [4.78, 5) is 0. The number of nitrogens with one attached hydrogen (secondary N) is 1. The summed E-state index contributed by atoms with van der Waals surface area (Å²) in [7, 11) is 0. The first kappa shape index (κ1) is 12.6. The zero-order valence-corrected chi connectivity index (χ0v) is 9.75. The molecule has 0 spiro atoms. The van der Waals surface area contributed by atoms with Gasteiger partial charge in [-0.2, -0.15) is 5.10 Å². The molecule has 0 radical (unpaired) electrons. The summed E-state index contributed by atoms with van der Waals surface area (Å²) in [6, 6.07) is 3.71. The average Bonchev–Trinajstić information content (AvgIpc) is 2.82. The van der Waals surface area contributed by atoms with E-state index >= 15 is 0 Å². The highest BCUT2D eigenvalue weighted by atomic mass is 19.2. The van der Waals surface area contributed by atoms with Crippen molar-refractivity contribution < 1.29 is 13.2 Å². The molecule has 2 aromatic rings. The number of benzene rings is 1. The molecule has 0 saturated carbocycles. The summed E-state index contributed by atoms with van der Waals surface area (Å²) in [5.41, 5.74) is 0.581. The lowest BCUT2D eigenvalue weighted by Gasteiger charge is -2.04. The molecule has 3 nitrogen and oxygen atoms in total. The van der Waals surface area contributed by atoms with E-state index in [4.69, 9.17) is 0 Å². The summed E-state index contributed by atoms with van der Waals surface area (Å²) in [5.74, 6) is -3.94. The standard InChI is InChI=1S/C12H12F3N3/c1-2-16-7-8-5-6-18(17-8)10-4-3-9(13)11(14)12(10)15/h3-6,16H,2,7H2,1H3. The first-order chi connectivity index (χ1) is 8.63. The van der Waals surface area contributed by atoms with Crippen molar-refractivity contribution >= 4 is 0 Å². The molecule has 1 aromatic heterocycles. The predicted octanol–water partition coefficient (Wildman–Crippen LogP) is 2.40. The fraction of sp³-hybridized carbons (Fsp3) is 0.250. The Balaban J connectivity index is 2.31. The second kappa shape index (κ2) is 5.22. The number of hydrogen-bond acceptors (Lipinski definition) is 2. The lowest BCUT2D eigenvalue weighted by atomic mass is 10.3. The van der Waals surface area contributed by atoms with Crippen LogP contribution in [0.1, 0.15) is 12.6 Å².